The van der Waals surface area contributed by atoms with E-state index in [1.165, 1.54) is 12.1 Å². The highest BCUT2D eigenvalue weighted by molar-refractivity contribution is 5.83. The highest BCUT2D eigenvalue weighted by atomic mass is 16.3. The molecule has 0 amide bonds. The van der Waals surface area contributed by atoms with Gasteiger partial charge in [0.05, 0.1) is 6.61 Å². The number of aliphatic hydroxyl groups excluding tert-OH is 1. The van der Waals surface area contributed by atoms with Crippen LogP contribution in [0.1, 0.15) is 11.3 Å². The number of fused-ring (bicyclic) bond motifs is 1. The molecule has 1 aromatic heterocycles. The molecule has 2 rings (SSSR count). The molecule has 0 aliphatic carbocycles. The zero-order valence-electron chi connectivity index (χ0n) is 8.15. The topological polar surface area (TPSA) is 70.7 Å². The Kier molecular flexibility index (Phi) is 2.21. The molecule has 1 aromatic carbocycles. The minimum absolute atomic E-state index is 0.151. The first kappa shape index (κ1) is 9.73. The van der Waals surface area contributed by atoms with Crippen molar-refractivity contribution in [1.29, 1.82) is 0 Å². The largest absolute Gasteiger partial charge is 0.507 e. The fourth-order valence-electron chi connectivity index (χ4n) is 1.54. The lowest BCUT2D eigenvalue weighted by Crippen LogP contribution is -2.01. The van der Waals surface area contributed by atoms with Crippen LogP contribution in [0.15, 0.2) is 27.4 Å². The Labute approximate surface area is 85.4 Å². The Morgan fingerprint density at radius 2 is 2.07 bits per heavy atom. The van der Waals surface area contributed by atoms with Crippen LogP contribution in [-0.2, 0) is 6.61 Å². The third-order valence-electron chi connectivity index (χ3n) is 2.18. The molecule has 0 radical (unpaired) electrons. The van der Waals surface area contributed by atoms with Gasteiger partial charge in [-0.1, -0.05) is 0 Å². The Hall–Kier alpha value is -1.81. The standard InChI is InChI=1S/C11H10O4/c1-6-2-8(13)11-9(14)3-7(5-12)4-10(11)15-6/h2-4,12,14H,5H2,1H3. The van der Waals surface area contributed by atoms with Crippen LogP contribution in [0.2, 0.25) is 0 Å². The van der Waals surface area contributed by atoms with Gasteiger partial charge in [0.2, 0.25) is 0 Å². The Bertz CT molecular complexity index is 569. The summed E-state index contributed by atoms with van der Waals surface area (Å²) < 4.78 is 5.29. The van der Waals surface area contributed by atoms with Gasteiger partial charge in [-0.3, -0.25) is 4.79 Å². The van der Waals surface area contributed by atoms with E-state index in [9.17, 15) is 9.90 Å². The van der Waals surface area contributed by atoms with Crippen molar-refractivity contribution in [2.24, 2.45) is 0 Å². The van der Waals surface area contributed by atoms with Crippen molar-refractivity contribution in [3.63, 3.8) is 0 Å². The van der Waals surface area contributed by atoms with Crippen molar-refractivity contribution < 1.29 is 14.6 Å². The number of aryl methyl sites for hydroxylation is 1. The van der Waals surface area contributed by atoms with Gasteiger partial charge in [-0.15, -0.1) is 0 Å². The van der Waals surface area contributed by atoms with Crippen LogP contribution in [0.3, 0.4) is 0 Å². The average molecular weight is 206 g/mol. The van der Waals surface area contributed by atoms with E-state index < -0.39 is 0 Å². The number of phenols is 1. The SMILES string of the molecule is Cc1cc(=O)c2c(O)cc(CO)cc2o1. The molecule has 4 nitrogen and oxygen atoms in total. The fraction of sp³-hybridized carbons (Fsp3) is 0.182. The maximum Gasteiger partial charge on any atom is 0.196 e. The zero-order valence-corrected chi connectivity index (χ0v) is 8.15. The van der Waals surface area contributed by atoms with Crippen molar-refractivity contribution in [3.05, 3.63) is 39.7 Å². The minimum Gasteiger partial charge on any atom is -0.507 e. The summed E-state index contributed by atoms with van der Waals surface area (Å²) in [4.78, 5) is 11.5. The van der Waals surface area contributed by atoms with E-state index in [0.717, 1.165) is 0 Å². The normalized spacial score (nSPS) is 10.8. The van der Waals surface area contributed by atoms with Gasteiger partial charge >= 0.3 is 0 Å². The molecule has 0 atom stereocenters. The number of hydrogen-bond donors (Lipinski definition) is 2. The second-order valence-corrected chi connectivity index (χ2v) is 3.37. The number of aliphatic hydroxyl groups is 1. The maximum atomic E-state index is 11.5. The summed E-state index contributed by atoms with van der Waals surface area (Å²) in [5.41, 5.74) is 0.522. The van der Waals surface area contributed by atoms with Gasteiger partial charge in [0.15, 0.2) is 5.43 Å². The predicted molar refractivity (Wildman–Crippen MR) is 54.8 cm³/mol. The molecular weight excluding hydrogens is 196 g/mol. The molecule has 0 saturated heterocycles. The van der Waals surface area contributed by atoms with E-state index in [0.29, 0.717) is 16.9 Å². The Morgan fingerprint density at radius 3 is 2.73 bits per heavy atom. The summed E-state index contributed by atoms with van der Waals surface area (Å²) in [5, 5.41) is 18.7. The van der Waals surface area contributed by atoms with E-state index in [4.69, 9.17) is 9.52 Å². The van der Waals surface area contributed by atoms with Crippen LogP contribution < -0.4 is 5.43 Å². The zero-order chi connectivity index (χ0) is 11.0. The Morgan fingerprint density at radius 1 is 1.33 bits per heavy atom. The highest BCUT2D eigenvalue weighted by Gasteiger charge is 2.09. The average Bonchev–Trinajstić information content (AvgIpc) is 2.15. The maximum absolute atomic E-state index is 11.5. The summed E-state index contributed by atoms with van der Waals surface area (Å²) in [6.07, 6.45) is 0. The molecule has 0 bridgehead atoms. The molecular formula is C11H10O4. The number of rotatable bonds is 1. The lowest BCUT2D eigenvalue weighted by molar-refractivity contribution is 0.281. The second-order valence-electron chi connectivity index (χ2n) is 3.37. The molecule has 78 valence electrons. The second kappa shape index (κ2) is 3.40. The van der Waals surface area contributed by atoms with E-state index in [1.54, 1.807) is 13.0 Å². The van der Waals surface area contributed by atoms with Crippen LogP contribution in [0.4, 0.5) is 0 Å². The van der Waals surface area contributed by atoms with E-state index >= 15 is 0 Å². The first-order chi connectivity index (χ1) is 7.11. The summed E-state index contributed by atoms with van der Waals surface area (Å²) >= 11 is 0. The molecule has 0 aliphatic heterocycles. The van der Waals surface area contributed by atoms with Crippen molar-refractivity contribution in [2.45, 2.75) is 13.5 Å². The van der Waals surface area contributed by atoms with Gasteiger partial charge in [-0.25, -0.2) is 0 Å². The van der Waals surface area contributed by atoms with Gasteiger partial charge < -0.3 is 14.6 Å². The number of hydrogen-bond acceptors (Lipinski definition) is 4. The number of aromatic hydroxyl groups is 1. The summed E-state index contributed by atoms with van der Waals surface area (Å²) in [7, 11) is 0. The number of phenolic OH excluding ortho intramolecular Hbond substituents is 1. The molecule has 4 heteroatoms. The van der Waals surface area contributed by atoms with Crippen molar-refractivity contribution in [1.82, 2.24) is 0 Å². The monoisotopic (exact) mass is 206 g/mol. The van der Waals surface area contributed by atoms with E-state index in [1.807, 2.05) is 0 Å². The van der Waals surface area contributed by atoms with Gasteiger partial charge in [0.1, 0.15) is 22.5 Å². The predicted octanol–water partition coefficient (Wildman–Crippen LogP) is 1.30. The summed E-state index contributed by atoms with van der Waals surface area (Å²) in [5.74, 6) is 0.312. The van der Waals surface area contributed by atoms with Crippen LogP contribution >= 0.6 is 0 Å². The molecule has 0 saturated carbocycles. The van der Waals surface area contributed by atoms with Gasteiger partial charge in [-0.05, 0) is 24.6 Å². The van der Waals surface area contributed by atoms with Gasteiger partial charge in [-0.2, -0.15) is 0 Å². The van der Waals surface area contributed by atoms with Crippen molar-refractivity contribution in [3.8, 4) is 5.75 Å². The van der Waals surface area contributed by atoms with Gasteiger partial charge in [0.25, 0.3) is 0 Å². The summed E-state index contributed by atoms with van der Waals surface area (Å²) in [6.45, 7) is 1.45. The lowest BCUT2D eigenvalue weighted by atomic mass is 10.1. The third-order valence-corrected chi connectivity index (χ3v) is 2.18. The smallest absolute Gasteiger partial charge is 0.196 e. The van der Waals surface area contributed by atoms with Crippen molar-refractivity contribution >= 4 is 11.0 Å². The van der Waals surface area contributed by atoms with Crippen molar-refractivity contribution in [2.75, 3.05) is 0 Å². The van der Waals surface area contributed by atoms with Crippen LogP contribution in [-0.4, -0.2) is 10.2 Å². The molecule has 0 unspecified atom stereocenters. The Balaban J connectivity index is 2.91. The first-order valence-electron chi connectivity index (χ1n) is 4.49. The molecule has 0 aliphatic rings. The van der Waals surface area contributed by atoms with Gasteiger partial charge in [0, 0.05) is 6.07 Å². The molecule has 15 heavy (non-hydrogen) atoms. The van der Waals surface area contributed by atoms with E-state index in [2.05, 4.69) is 0 Å². The lowest BCUT2D eigenvalue weighted by Gasteiger charge is -2.03. The van der Waals surface area contributed by atoms with E-state index in [-0.39, 0.29) is 23.2 Å². The minimum atomic E-state index is -0.282. The third kappa shape index (κ3) is 1.59. The molecule has 2 aromatic rings. The molecule has 0 fully saturated rings. The number of benzene rings is 1. The quantitative estimate of drug-likeness (QED) is 0.737. The van der Waals surface area contributed by atoms with Crippen LogP contribution in [0.5, 0.6) is 5.75 Å². The molecule has 1 heterocycles. The first-order valence-corrected chi connectivity index (χ1v) is 4.49. The molecule has 2 N–H and O–H groups in total. The van der Waals surface area contributed by atoms with Crippen LogP contribution in [0, 0.1) is 6.92 Å². The summed E-state index contributed by atoms with van der Waals surface area (Å²) in [6, 6.07) is 4.22. The molecule has 0 spiro atoms. The fourth-order valence-corrected chi connectivity index (χ4v) is 1.54. The highest BCUT2D eigenvalue weighted by Crippen LogP contribution is 2.24. The van der Waals surface area contributed by atoms with Crippen LogP contribution in [0.25, 0.3) is 11.0 Å².